The zero-order chi connectivity index (χ0) is 22.2. The minimum absolute atomic E-state index is 0.135. The number of hydrogen-bond acceptors (Lipinski definition) is 5. The Balaban J connectivity index is 1.59. The van der Waals surface area contributed by atoms with E-state index in [4.69, 9.17) is 0 Å². The third kappa shape index (κ3) is 3.41. The van der Waals surface area contributed by atoms with Gasteiger partial charge in [-0.2, -0.15) is 0 Å². The molecule has 5 nitrogen and oxygen atoms in total. The van der Waals surface area contributed by atoms with Gasteiger partial charge in [-0.25, -0.2) is 0 Å². The molecule has 162 valence electrons. The molecule has 2 aromatic carbocycles. The number of nitrogens with zero attached hydrogens (tertiary/aromatic N) is 2. The van der Waals surface area contributed by atoms with Crippen molar-refractivity contribution in [3.63, 3.8) is 0 Å². The van der Waals surface area contributed by atoms with Crippen LogP contribution in [-0.2, 0) is 4.79 Å². The third-order valence-electron chi connectivity index (χ3n) is 6.28. The highest BCUT2D eigenvalue weighted by molar-refractivity contribution is 7.12. The lowest BCUT2D eigenvalue weighted by Crippen LogP contribution is -2.31. The van der Waals surface area contributed by atoms with Crippen LogP contribution in [0, 0.1) is 6.92 Å². The Bertz CT molecular complexity index is 1190. The lowest BCUT2D eigenvalue weighted by molar-refractivity contribution is -0.117. The van der Waals surface area contributed by atoms with Gasteiger partial charge < -0.3 is 10.0 Å². The van der Waals surface area contributed by atoms with Crippen molar-refractivity contribution in [2.24, 2.45) is 0 Å². The summed E-state index contributed by atoms with van der Waals surface area (Å²) < 4.78 is 0. The quantitative estimate of drug-likeness (QED) is 0.533. The van der Waals surface area contributed by atoms with E-state index in [9.17, 15) is 14.7 Å². The smallest absolute Gasteiger partial charge is 0.294 e. The first-order chi connectivity index (χ1) is 15.6. The number of benzene rings is 2. The van der Waals surface area contributed by atoms with Crippen LogP contribution in [0.1, 0.15) is 39.7 Å². The molecule has 1 saturated heterocycles. The number of aliphatic hydroxyl groups is 1. The molecule has 32 heavy (non-hydrogen) atoms. The summed E-state index contributed by atoms with van der Waals surface area (Å²) in [6.45, 7) is 4.03. The Morgan fingerprint density at radius 3 is 2.31 bits per heavy atom. The van der Waals surface area contributed by atoms with Crippen molar-refractivity contribution in [3.8, 4) is 0 Å². The maximum atomic E-state index is 13.4. The number of anilines is 2. The van der Waals surface area contributed by atoms with Gasteiger partial charge >= 0.3 is 0 Å². The third-order valence-corrected chi connectivity index (χ3v) is 7.15. The number of aryl methyl sites for hydroxylation is 1. The van der Waals surface area contributed by atoms with E-state index in [0.29, 0.717) is 10.6 Å². The highest BCUT2D eigenvalue weighted by Crippen LogP contribution is 2.43. The predicted molar refractivity (Wildman–Crippen MR) is 128 cm³/mol. The van der Waals surface area contributed by atoms with E-state index in [1.807, 2.05) is 60.8 Å². The molecule has 1 aromatic heterocycles. The topological polar surface area (TPSA) is 60.9 Å². The molecule has 0 bridgehead atoms. The Kier molecular flexibility index (Phi) is 5.31. The van der Waals surface area contributed by atoms with Crippen LogP contribution in [0.3, 0.4) is 0 Å². The summed E-state index contributed by atoms with van der Waals surface area (Å²) in [4.78, 5) is 31.0. The van der Waals surface area contributed by atoms with Crippen LogP contribution < -0.4 is 9.80 Å². The molecule has 1 amide bonds. The van der Waals surface area contributed by atoms with Gasteiger partial charge in [0.05, 0.1) is 16.5 Å². The normalized spacial score (nSPS) is 18.7. The summed E-state index contributed by atoms with van der Waals surface area (Å²) >= 11 is 1.31. The molecule has 2 aliphatic rings. The maximum absolute atomic E-state index is 13.4. The molecule has 1 atom stereocenters. The average Bonchev–Trinajstić information content (AvgIpc) is 3.57. The highest BCUT2D eigenvalue weighted by atomic mass is 32.1. The van der Waals surface area contributed by atoms with Crippen molar-refractivity contribution in [3.05, 3.63) is 93.4 Å². The zero-order valence-corrected chi connectivity index (χ0v) is 18.6. The molecular weight excluding hydrogens is 420 g/mol. The number of hydrogen-bond donors (Lipinski definition) is 1. The van der Waals surface area contributed by atoms with Crippen molar-refractivity contribution in [2.75, 3.05) is 22.9 Å². The van der Waals surface area contributed by atoms with E-state index in [2.05, 4.69) is 4.90 Å². The Morgan fingerprint density at radius 2 is 1.66 bits per heavy atom. The second-order valence-electron chi connectivity index (χ2n) is 8.21. The lowest BCUT2D eigenvalue weighted by atomic mass is 9.92. The van der Waals surface area contributed by atoms with Crippen LogP contribution >= 0.6 is 11.3 Å². The van der Waals surface area contributed by atoms with Gasteiger partial charge in [0.15, 0.2) is 5.76 Å². The van der Waals surface area contributed by atoms with E-state index in [1.54, 1.807) is 17.0 Å². The SMILES string of the molecule is Cc1ccccc1C1C(C(=O)c2cccs2)=C(O)C(=O)N1c1ccc(N2CCCC2)cc1. The fraction of sp³-hybridized carbons (Fsp3) is 0.231. The number of aliphatic hydroxyl groups excluding tert-OH is 1. The molecule has 0 aliphatic carbocycles. The number of carbonyl (C=O) groups excluding carboxylic acids is 2. The number of Topliss-reactive ketones (excluding diaryl/α,β-unsaturated/α-hetero) is 1. The molecular formula is C26H24N2O3S. The van der Waals surface area contributed by atoms with E-state index in [-0.39, 0.29) is 11.4 Å². The van der Waals surface area contributed by atoms with Gasteiger partial charge in [-0.3, -0.25) is 14.5 Å². The second-order valence-corrected chi connectivity index (χ2v) is 9.16. The number of rotatable bonds is 5. The highest BCUT2D eigenvalue weighted by Gasteiger charge is 2.45. The molecule has 1 N–H and O–H groups in total. The summed E-state index contributed by atoms with van der Waals surface area (Å²) in [5, 5.41) is 12.7. The van der Waals surface area contributed by atoms with Gasteiger partial charge in [-0.15, -0.1) is 11.3 Å². The van der Waals surface area contributed by atoms with Crippen LogP contribution in [0.4, 0.5) is 11.4 Å². The summed E-state index contributed by atoms with van der Waals surface area (Å²) in [6.07, 6.45) is 2.38. The van der Waals surface area contributed by atoms with Gasteiger partial charge in [0.2, 0.25) is 5.78 Å². The Hall–Kier alpha value is -3.38. The molecule has 3 aromatic rings. The van der Waals surface area contributed by atoms with Crippen molar-refractivity contribution >= 4 is 34.4 Å². The van der Waals surface area contributed by atoms with E-state index < -0.39 is 17.7 Å². The van der Waals surface area contributed by atoms with Gasteiger partial charge in [0, 0.05) is 24.5 Å². The molecule has 2 aliphatic heterocycles. The molecule has 1 fully saturated rings. The second kappa shape index (κ2) is 8.28. The standard InChI is InChI=1S/C26H24N2O3S/c1-17-7-2-3-8-20(17)23-22(24(29)21-9-6-16-32-21)25(30)26(31)28(23)19-12-10-18(11-13-19)27-14-4-5-15-27/h2-3,6-13,16,23,30H,4-5,14-15H2,1H3. The largest absolute Gasteiger partial charge is 0.503 e. The van der Waals surface area contributed by atoms with Crippen molar-refractivity contribution < 1.29 is 14.7 Å². The lowest BCUT2D eigenvalue weighted by Gasteiger charge is -2.28. The molecule has 0 spiro atoms. The first kappa shape index (κ1) is 20.5. The Labute approximate surface area is 191 Å². The zero-order valence-electron chi connectivity index (χ0n) is 17.8. The molecule has 0 saturated carbocycles. The van der Waals surface area contributed by atoms with E-state index in [0.717, 1.165) is 29.9 Å². The average molecular weight is 445 g/mol. The van der Waals surface area contributed by atoms with Gasteiger partial charge in [0.25, 0.3) is 5.91 Å². The molecule has 5 rings (SSSR count). The Morgan fingerprint density at radius 1 is 0.969 bits per heavy atom. The van der Waals surface area contributed by atoms with E-state index >= 15 is 0 Å². The number of thiophene rings is 1. The van der Waals surface area contributed by atoms with Crippen LogP contribution in [-0.4, -0.2) is 29.9 Å². The minimum Gasteiger partial charge on any atom is -0.503 e. The molecule has 1 unspecified atom stereocenters. The van der Waals surface area contributed by atoms with Crippen LogP contribution in [0.15, 0.2) is 77.4 Å². The first-order valence-electron chi connectivity index (χ1n) is 10.8. The van der Waals surface area contributed by atoms with Crippen molar-refractivity contribution in [2.45, 2.75) is 25.8 Å². The number of carbonyl (C=O) groups is 2. The molecule has 0 radical (unpaired) electrons. The number of ketones is 1. The van der Waals surface area contributed by atoms with Crippen molar-refractivity contribution in [1.82, 2.24) is 0 Å². The minimum atomic E-state index is -0.684. The first-order valence-corrected chi connectivity index (χ1v) is 11.7. The molecule has 3 heterocycles. The van der Waals surface area contributed by atoms with Gasteiger partial charge in [-0.05, 0) is 66.6 Å². The van der Waals surface area contributed by atoms with Crippen LogP contribution in [0.5, 0.6) is 0 Å². The number of amides is 1. The molecule has 6 heteroatoms. The summed E-state index contributed by atoms with van der Waals surface area (Å²) in [6, 6.07) is 18.4. The van der Waals surface area contributed by atoms with Gasteiger partial charge in [-0.1, -0.05) is 30.3 Å². The fourth-order valence-corrected chi connectivity index (χ4v) is 5.31. The summed E-state index contributed by atoms with van der Waals surface area (Å²) in [7, 11) is 0. The predicted octanol–water partition coefficient (Wildman–Crippen LogP) is 5.44. The fourth-order valence-electron chi connectivity index (χ4n) is 4.63. The van der Waals surface area contributed by atoms with Crippen LogP contribution in [0.2, 0.25) is 0 Å². The van der Waals surface area contributed by atoms with Crippen LogP contribution in [0.25, 0.3) is 0 Å². The summed E-state index contributed by atoms with van der Waals surface area (Å²) in [5.74, 6) is -1.33. The maximum Gasteiger partial charge on any atom is 0.294 e. The van der Waals surface area contributed by atoms with Crippen molar-refractivity contribution in [1.29, 1.82) is 0 Å². The van der Waals surface area contributed by atoms with Gasteiger partial charge in [0.1, 0.15) is 0 Å². The van der Waals surface area contributed by atoms with E-state index in [1.165, 1.54) is 24.2 Å². The summed E-state index contributed by atoms with van der Waals surface area (Å²) in [5.41, 5.74) is 3.70. The monoisotopic (exact) mass is 444 g/mol.